The van der Waals surface area contributed by atoms with Crippen molar-refractivity contribution < 1.29 is 18.3 Å². The Morgan fingerprint density at radius 3 is 2.81 bits per heavy atom. The number of nitrogens with zero attached hydrogens (tertiary/aromatic N) is 3. The smallest absolute Gasteiger partial charge is 0.247 e. The van der Waals surface area contributed by atoms with Crippen molar-refractivity contribution in [1.82, 2.24) is 14.2 Å². The molecule has 0 radical (unpaired) electrons. The van der Waals surface area contributed by atoms with Crippen LogP contribution >= 0.6 is 0 Å². The molecule has 0 aliphatic carbocycles. The monoisotopic (exact) mass is 459 g/mol. The fourth-order valence-electron chi connectivity index (χ4n) is 3.93. The predicted octanol–water partition coefficient (Wildman–Crippen LogP) is 3.02. The maximum Gasteiger partial charge on any atom is 0.247 e. The molecule has 1 aliphatic rings. The van der Waals surface area contributed by atoms with Crippen LogP contribution in [0.15, 0.2) is 53.7 Å². The van der Waals surface area contributed by atoms with E-state index in [1.54, 1.807) is 31.3 Å². The van der Waals surface area contributed by atoms with Gasteiger partial charge < -0.3 is 9.84 Å². The van der Waals surface area contributed by atoms with E-state index in [2.05, 4.69) is 9.88 Å². The summed E-state index contributed by atoms with van der Waals surface area (Å²) >= 11 is 0. The Morgan fingerprint density at radius 2 is 2.16 bits per heavy atom. The lowest BCUT2D eigenvalue weighted by atomic mass is 10.0. The maximum atomic E-state index is 13.5. The van der Waals surface area contributed by atoms with Crippen LogP contribution in [0.2, 0.25) is 0 Å². The molecule has 2 heterocycles. The van der Waals surface area contributed by atoms with E-state index >= 15 is 0 Å². The lowest BCUT2D eigenvalue weighted by Crippen LogP contribution is -2.49. The summed E-state index contributed by atoms with van der Waals surface area (Å²) in [5.74, 6) is 0.260. The van der Waals surface area contributed by atoms with Crippen LogP contribution in [0.5, 0.6) is 5.75 Å². The molecular weight excluding hydrogens is 426 g/mol. The molecule has 1 N–H and O–H groups in total. The zero-order chi connectivity index (χ0) is 23.3. The Morgan fingerprint density at radius 1 is 1.38 bits per heavy atom. The van der Waals surface area contributed by atoms with Crippen molar-refractivity contribution in [3.05, 3.63) is 59.9 Å². The summed E-state index contributed by atoms with van der Waals surface area (Å²) in [5.41, 5.74) is 1.97. The van der Waals surface area contributed by atoms with Crippen molar-refractivity contribution >= 4 is 16.1 Å². The minimum Gasteiger partial charge on any atom is -0.487 e. The molecule has 3 atom stereocenters. The zero-order valence-electron chi connectivity index (χ0n) is 19.2. The number of fused-ring (bicyclic) bond motifs is 1. The number of pyridine rings is 1. The molecule has 0 saturated carbocycles. The van der Waals surface area contributed by atoms with Gasteiger partial charge in [-0.25, -0.2) is 8.42 Å². The number of hydrogen-bond donors (Lipinski definition) is 1. The Hall–Kier alpha value is -2.26. The van der Waals surface area contributed by atoms with Gasteiger partial charge in [-0.05, 0) is 50.2 Å². The highest BCUT2D eigenvalue weighted by atomic mass is 32.2. The van der Waals surface area contributed by atoms with Crippen LogP contribution in [-0.4, -0.2) is 66.6 Å². The summed E-state index contributed by atoms with van der Waals surface area (Å²) in [7, 11) is -1.80. The molecule has 174 valence electrons. The topological polar surface area (TPSA) is 83.0 Å². The summed E-state index contributed by atoms with van der Waals surface area (Å²) < 4.78 is 34.7. The summed E-state index contributed by atoms with van der Waals surface area (Å²) in [5, 5.41) is 9.74. The second-order valence-corrected chi connectivity index (χ2v) is 10.4. The highest BCUT2D eigenvalue weighted by Crippen LogP contribution is 2.34. The number of ether oxygens (including phenoxy) is 1. The number of allylic oxidation sites excluding steroid dienone is 1. The fourth-order valence-corrected chi connectivity index (χ4v) is 5.76. The van der Waals surface area contributed by atoms with Gasteiger partial charge in [0, 0.05) is 44.0 Å². The van der Waals surface area contributed by atoms with Crippen molar-refractivity contribution in [1.29, 1.82) is 0 Å². The molecule has 32 heavy (non-hydrogen) atoms. The second kappa shape index (κ2) is 10.6. The van der Waals surface area contributed by atoms with Crippen molar-refractivity contribution in [3.63, 3.8) is 0 Å². The Labute approximate surface area is 191 Å². The van der Waals surface area contributed by atoms with Crippen molar-refractivity contribution in [3.8, 4) is 5.75 Å². The van der Waals surface area contributed by atoms with Gasteiger partial charge >= 0.3 is 0 Å². The number of rotatable bonds is 7. The number of aliphatic hydroxyl groups is 1. The molecule has 0 spiro atoms. The summed E-state index contributed by atoms with van der Waals surface area (Å²) in [6.45, 7) is 6.99. The molecule has 1 aromatic heterocycles. The van der Waals surface area contributed by atoms with Gasteiger partial charge in [0.2, 0.25) is 10.0 Å². The first kappa shape index (κ1) is 24.4. The third kappa shape index (κ3) is 5.56. The van der Waals surface area contributed by atoms with Gasteiger partial charge in [0.1, 0.15) is 16.7 Å². The van der Waals surface area contributed by atoms with Gasteiger partial charge in [0.25, 0.3) is 0 Å². The van der Waals surface area contributed by atoms with Crippen LogP contribution in [0.1, 0.15) is 31.9 Å². The molecule has 0 bridgehead atoms. The second-order valence-electron chi connectivity index (χ2n) is 8.50. The van der Waals surface area contributed by atoms with Crippen LogP contribution in [0.3, 0.4) is 0 Å². The van der Waals surface area contributed by atoms with Gasteiger partial charge in [-0.15, -0.1) is 0 Å². The average molecular weight is 460 g/mol. The largest absolute Gasteiger partial charge is 0.487 e. The van der Waals surface area contributed by atoms with E-state index in [9.17, 15) is 13.5 Å². The normalized spacial score (nSPS) is 22.2. The van der Waals surface area contributed by atoms with Gasteiger partial charge in [-0.1, -0.05) is 31.2 Å². The first-order chi connectivity index (χ1) is 15.3. The molecular formula is C24H33N3O4S. The predicted molar refractivity (Wildman–Crippen MR) is 126 cm³/mol. The Kier molecular flexibility index (Phi) is 8.05. The number of sulfonamides is 1. The van der Waals surface area contributed by atoms with Crippen molar-refractivity contribution in [2.24, 2.45) is 5.92 Å². The third-order valence-electron chi connectivity index (χ3n) is 5.72. The van der Waals surface area contributed by atoms with Crippen LogP contribution < -0.4 is 4.74 Å². The lowest BCUT2D eigenvalue weighted by Gasteiger charge is -2.37. The Balaban J connectivity index is 1.97. The number of benzene rings is 1. The lowest BCUT2D eigenvalue weighted by molar-refractivity contribution is 0.0733. The first-order valence-corrected chi connectivity index (χ1v) is 12.3. The first-order valence-electron chi connectivity index (χ1n) is 10.9. The molecule has 1 aliphatic heterocycles. The van der Waals surface area contributed by atoms with Crippen LogP contribution in [0.4, 0.5) is 0 Å². The third-order valence-corrected chi connectivity index (χ3v) is 7.74. The van der Waals surface area contributed by atoms with Gasteiger partial charge in [-0.3, -0.25) is 9.88 Å². The van der Waals surface area contributed by atoms with Crippen LogP contribution in [0, 0.1) is 5.92 Å². The van der Waals surface area contributed by atoms with E-state index in [0.717, 1.165) is 11.1 Å². The van der Waals surface area contributed by atoms with E-state index in [1.807, 2.05) is 51.4 Å². The van der Waals surface area contributed by atoms with E-state index in [4.69, 9.17) is 4.74 Å². The van der Waals surface area contributed by atoms with Gasteiger partial charge in [-0.2, -0.15) is 4.31 Å². The minimum atomic E-state index is -3.82. The molecule has 0 fully saturated rings. The molecule has 8 heteroatoms. The van der Waals surface area contributed by atoms with Crippen molar-refractivity contribution in [2.45, 2.75) is 44.4 Å². The van der Waals surface area contributed by atoms with E-state index in [1.165, 1.54) is 4.31 Å². The molecule has 3 rings (SSSR count). The maximum absolute atomic E-state index is 13.5. The molecule has 7 nitrogen and oxygen atoms in total. The fraction of sp³-hybridized carbons (Fsp3) is 0.458. The molecule has 1 aromatic carbocycles. The number of aromatic nitrogens is 1. The number of hydrogen-bond acceptors (Lipinski definition) is 6. The Bertz CT molecular complexity index is 1030. The summed E-state index contributed by atoms with van der Waals surface area (Å²) in [6, 6.07) is 8.57. The zero-order valence-corrected chi connectivity index (χ0v) is 20.0. The van der Waals surface area contributed by atoms with Gasteiger partial charge in [0.05, 0.1) is 6.61 Å². The standard InChI is InChI=1S/C24H33N3O4S/c1-5-7-20-9-10-24-22(12-20)31-23(16-26(4)15-21-8-6-11-25-13-21)18(2)14-27(19(3)17-28)32(24,29)30/h5-13,18-19,23,28H,14-17H2,1-4H3/b7-5+/t18-,19-,23-/m1/s1. The van der Waals surface area contributed by atoms with E-state index < -0.39 is 16.1 Å². The summed E-state index contributed by atoms with van der Waals surface area (Å²) in [6.07, 6.45) is 7.17. The van der Waals surface area contributed by atoms with Crippen LogP contribution in [0.25, 0.3) is 6.08 Å². The quantitative estimate of drug-likeness (QED) is 0.685. The minimum absolute atomic E-state index is 0.0892. The van der Waals surface area contributed by atoms with E-state index in [-0.39, 0.29) is 30.1 Å². The number of aliphatic hydroxyl groups excluding tert-OH is 1. The highest BCUT2D eigenvalue weighted by molar-refractivity contribution is 7.89. The SMILES string of the molecule is C/C=C/c1ccc2c(c1)O[C@H](CN(C)Cc1cccnc1)[C@H](C)CN([C@H](C)CO)S2(=O)=O. The molecule has 2 aromatic rings. The molecule has 0 unspecified atom stereocenters. The van der Waals surface area contributed by atoms with Gasteiger partial charge in [0.15, 0.2) is 0 Å². The van der Waals surface area contributed by atoms with E-state index in [0.29, 0.717) is 18.8 Å². The highest BCUT2D eigenvalue weighted by Gasteiger charge is 2.38. The van der Waals surface area contributed by atoms with Crippen molar-refractivity contribution in [2.75, 3.05) is 26.7 Å². The van der Waals surface area contributed by atoms with Crippen LogP contribution in [-0.2, 0) is 16.6 Å². The summed E-state index contributed by atoms with van der Waals surface area (Å²) in [4.78, 5) is 6.47. The average Bonchev–Trinajstić information content (AvgIpc) is 2.76. The molecule has 0 saturated heterocycles. The molecule has 0 amide bonds. The number of likely N-dealkylation sites (N-methyl/N-ethyl adjacent to an activating group) is 1.